The molecule has 2 amide bonds. The third-order valence-corrected chi connectivity index (χ3v) is 3.53. The van der Waals surface area contributed by atoms with E-state index in [9.17, 15) is 14.4 Å². The summed E-state index contributed by atoms with van der Waals surface area (Å²) in [7, 11) is 0. The lowest BCUT2D eigenvalue weighted by molar-refractivity contribution is -0.148. The Hall–Kier alpha value is -2.58. The summed E-state index contributed by atoms with van der Waals surface area (Å²) in [6.07, 6.45) is 2.22. The molecule has 1 aromatic rings. The summed E-state index contributed by atoms with van der Waals surface area (Å²) in [4.78, 5) is 37.4. The van der Waals surface area contributed by atoms with Gasteiger partial charge in [0.2, 0.25) is 0 Å². The summed E-state index contributed by atoms with van der Waals surface area (Å²) in [5.74, 6) is -0.816. The minimum atomic E-state index is -0.641. The molecule has 25 heavy (non-hydrogen) atoms. The van der Waals surface area contributed by atoms with Crippen molar-refractivity contribution < 1.29 is 23.9 Å². The number of nitrogens with zero attached hydrogens (tertiary/aromatic N) is 2. The van der Waals surface area contributed by atoms with Gasteiger partial charge in [-0.05, 0) is 39.7 Å². The zero-order chi connectivity index (χ0) is 18.4. The fourth-order valence-electron chi connectivity index (χ4n) is 2.44. The Bertz CT molecular complexity index is 609. The van der Waals surface area contributed by atoms with E-state index in [1.54, 1.807) is 26.8 Å². The van der Waals surface area contributed by atoms with Crippen LogP contribution in [0.1, 0.15) is 44.1 Å². The van der Waals surface area contributed by atoms with Gasteiger partial charge in [0.15, 0.2) is 0 Å². The second kappa shape index (κ2) is 8.00. The number of rotatable bonds is 5. The molecule has 0 aromatic carbocycles. The van der Waals surface area contributed by atoms with Crippen molar-refractivity contribution in [3.63, 3.8) is 0 Å². The lowest BCUT2D eigenvalue weighted by atomic mass is 10.2. The number of hydrogen-bond donors (Lipinski definition) is 2. The Kier molecular flexibility index (Phi) is 6.00. The van der Waals surface area contributed by atoms with Gasteiger partial charge in [-0.2, -0.15) is 5.10 Å². The van der Waals surface area contributed by atoms with Crippen LogP contribution in [0.25, 0.3) is 0 Å². The number of carbonyl (C=O) groups is 3. The average Bonchev–Trinajstić information content (AvgIpc) is 3.19. The summed E-state index contributed by atoms with van der Waals surface area (Å²) < 4.78 is 10.5. The van der Waals surface area contributed by atoms with E-state index in [1.165, 1.54) is 11.1 Å². The first-order valence-corrected chi connectivity index (χ1v) is 8.22. The van der Waals surface area contributed by atoms with Crippen LogP contribution in [0.15, 0.2) is 12.3 Å². The standard InChI is InChI=1S/C16H24N4O5/c1-16(2,3)25-15(23)20-9-4-5-12(20)14(22)24-10-8-17-13(21)11-6-7-18-19-11/h6-7,12H,4-5,8-10H2,1-3H3,(H,17,21)(H,18,19)/t12-/m1/s1. The van der Waals surface area contributed by atoms with Crippen LogP contribution in [0.2, 0.25) is 0 Å². The first-order valence-electron chi connectivity index (χ1n) is 8.22. The molecule has 0 unspecified atom stereocenters. The molecule has 0 saturated carbocycles. The van der Waals surface area contributed by atoms with Crippen LogP contribution in [0.3, 0.4) is 0 Å². The van der Waals surface area contributed by atoms with Crippen LogP contribution in [0.4, 0.5) is 4.79 Å². The van der Waals surface area contributed by atoms with Crippen molar-refractivity contribution in [2.24, 2.45) is 0 Å². The third kappa shape index (κ3) is 5.47. The molecule has 1 fully saturated rings. The smallest absolute Gasteiger partial charge is 0.411 e. The number of likely N-dealkylation sites (tertiary alicyclic amines) is 1. The van der Waals surface area contributed by atoms with Gasteiger partial charge >= 0.3 is 12.1 Å². The van der Waals surface area contributed by atoms with E-state index in [0.29, 0.717) is 18.7 Å². The zero-order valence-corrected chi connectivity index (χ0v) is 14.7. The van der Waals surface area contributed by atoms with Crippen LogP contribution >= 0.6 is 0 Å². The molecular weight excluding hydrogens is 328 g/mol. The molecule has 0 bridgehead atoms. The first kappa shape index (κ1) is 18.8. The number of carbonyl (C=O) groups excluding carboxylic acids is 3. The van der Waals surface area contributed by atoms with Gasteiger partial charge in [0.1, 0.15) is 23.9 Å². The zero-order valence-electron chi connectivity index (χ0n) is 14.7. The van der Waals surface area contributed by atoms with E-state index in [-0.39, 0.29) is 19.1 Å². The van der Waals surface area contributed by atoms with Crippen molar-refractivity contribution in [2.75, 3.05) is 19.7 Å². The van der Waals surface area contributed by atoms with Gasteiger partial charge in [0.25, 0.3) is 5.91 Å². The van der Waals surface area contributed by atoms with E-state index in [1.807, 2.05) is 0 Å². The highest BCUT2D eigenvalue weighted by Crippen LogP contribution is 2.21. The number of nitrogens with one attached hydrogen (secondary N) is 2. The molecule has 2 rings (SSSR count). The van der Waals surface area contributed by atoms with Gasteiger partial charge in [0, 0.05) is 12.7 Å². The Balaban J connectivity index is 1.75. The van der Waals surface area contributed by atoms with Crippen LogP contribution in [-0.4, -0.2) is 64.4 Å². The van der Waals surface area contributed by atoms with Crippen molar-refractivity contribution in [3.05, 3.63) is 18.0 Å². The van der Waals surface area contributed by atoms with Gasteiger partial charge < -0.3 is 14.8 Å². The molecule has 2 N–H and O–H groups in total. The molecule has 138 valence electrons. The summed E-state index contributed by atoms with van der Waals surface area (Å²) in [6.45, 7) is 5.98. The topological polar surface area (TPSA) is 114 Å². The van der Waals surface area contributed by atoms with Crippen LogP contribution in [-0.2, 0) is 14.3 Å². The van der Waals surface area contributed by atoms with Gasteiger partial charge in [-0.15, -0.1) is 0 Å². The van der Waals surface area contributed by atoms with E-state index in [0.717, 1.165) is 6.42 Å². The van der Waals surface area contributed by atoms with Gasteiger partial charge in [0.05, 0.1) is 6.54 Å². The Labute approximate surface area is 146 Å². The molecule has 0 aliphatic carbocycles. The SMILES string of the molecule is CC(C)(C)OC(=O)N1CCC[C@@H]1C(=O)OCCNC(=O)c1ccn[nH]1. The highest BCUT2D eigenvalue weighted by molar-refractivity contribution is 5.92. The lowest BCUT2D eigenvalue weighted by Crippen LogP contribution is -2.44. The minimum absolute atomic E-state index is 0.0252. The summed E-state index contributed by atoms with van der Waals surface area (Å²) >= 11 is 0. The molecule has 0 radical (unpaired) electrons. The second-order valence-electron chi connectivity index (χ2n) is 6.73. The van der Waals surface area contributed by atoms with Gasteiger partial charge in [-0.3, -0.25) is 14.8 Å². The second-order valence-corrected chi connectivity index (χ2v) is 6.73. The van der Waals surface area contributed by atoms with Crippen molar-refractivity contribution in [3.8, 4) is 0 Å². The molecule has 0 spiro atoms. The Morgan fingerprint density at radius 2 is 2.16 bits per heavy atom. The lowest BCUT2D eigenvalue weighted by Gasteiger charge is -2.27. The maximum atomic E-state index is 12.2. The van der Waals surface area contributed by atoms with Crippen LogP contribution in [0, 0.1) is 0 Å². The van der Waals surface area contributed by atoms with E-state index in [4.69, 9.17) is 9.47 Å². The Morgan fingerprint density at radius 1 is 1.40 bits per heavy atom. The maximum absolute atomic E-state index is 12.2. The van der Waals surface area contributed by atoms with Crippen molar-refractivity contribution >= 4 is 18.0 Å². The van der Waals surface area contributed by atoms with Crippen molar-refractivity contribution in [1.82, 2.24) is 20.4 Å². The molecule has 2 heterocycles. The van der Waals surface area contributed by atoms with E-state index in [2.05, 4.69) is 15.5 Å². The summed E-state index contributed by atoms with van der Waals surface area (Å²) in [5, 5.41) is 8.83. The monoisotopic (exact) mass is 352 g/mol. The quantitative estimate of drug-likeness (QED) is 0.605. The number of esters is 1. The predicted molar refractivity (Wildman–Crippen MR) is 87.8 cm³/mol. The highest BCUT2D eigenvalue weighted by atomic mass is 16.6. The largest absolute Gasteiger partial charge is 0.462 e. The molecule has 1 atom stereocenters. The molecular formula is C16H24N4O5. The van der Waals surface area contributed by atoms with Crippen LogP contribution in [0.5, 0.6) is 0 Å². The maximum Gasteiger partial charge on any atom is 0.411 e. The first-order chi connectivity index (χ1) is 11.8. The van der Waals surface area contributed by atoms with E-state index >= 15 is 0 Å². The number of hydrogen-bond acceptors (Lipinski definition) is 6. The van der Waals surface area contributed by atoms with Gasteiger partial charge in [-0.1, -0.05) is 0 Å². The number of ether oxygens (including phenoxy) is 2. The molecule has 1 aliphatic heterocycles. The third-order valence-electron chi connectivity index (χ3n) is 3.53. The number of amides is 2. The van der Waals surface area contributed by atoms with E-state index < -0.39 is 23.7 Å². The number of aromatic amines is 1. The highest BCUT2D eigenvalue weighted by Gasteiger charge is 2.37. The van der Waals surface area contributed by atoms with Crippen LogP contribution < -0.4 is 5.32 Å². The predicted octanol–water partition coefficient (Wildman–Crippen LogP) is 1.08. The minimum Gasteiger partial charge on any atom is -0.462 e. The number of H-pyrrole nitrogens is 1. The summed E-state index contributed by atoms with van der Waals surface area (Å²) in [5.41, 5.74) is -0.288. The fraction of sp³-hybridized carbons (Fsp3) is 0.625. The molecule has 1 saturated heterocycles. The fourth-order valence-corrected chi connectivity index (χ4v) is 2.44. The summed E-state index contributed by atoms with van der Waals surface area (Å²) in [6, 6.07) is 0.900. The van der Waals surface area contributed by atoms with Crippen molar-refractivity contribution in [2.45, 2.75) is 45.3 Å². The average molecular weight is 352 g/mol. The van der Waals surface area contributed by atoms with Gasteiger partial charge in [-0.25, -0.2) is 9.59 Å². The molecule has 1 aliphatic rings. The normalized spacial score (nSPS) is 17.2. The Morgan fingerprint density at radius 3 is 2.80 bits per heavy atom. The number of aromatic nitrogens is 2. The molecule has 1 aromatic heterocycles. The molecule has 9 heteroatoms. The van der Waals surface area contributed by atoms with Crippen molar-refractivity contribution in [1.29, 1.82) is 0 Å². The molecule has 9 nitrogen and oxygen atoms in total.